The maximum absolute atomic E-state index is 13.3. The Labute approximate surface area is 123 Å². The third kappa shape index (κ3) is 2.97. The van der Waals surface area contributed by atoms with Gasteiger partial charge in [-0.1, -0.05) is 6.07 Å². The zero-order chi connectivity index (χ0) is 14.8. The molecule has 0 unspecified atom stereocenters. The van der Waals surface area contributed by atoms with E-state index >= 15 is 0 Å². The van der Waals surface area contributed by atoms with Crippen LogP contribution in [0.25, 0.3) is 0 Å². The van der Waals surface area contributed by atoms with Gasteiger partial charge in [0.2, 0.25) is 0 Å². The van der Waals surface area contributed by atoms with Crippen LogP contribution >= 0.6 is 0 Å². The molecule has 0 bridgehead atoms. The first kappa shape index (κ1) is 14.2. The van der Waals surface area contributed by atoms with Crippen LogP contribution in [0.2, 0.25) is 0 Å². The van der Waals surface area contributed by atoms with Crippen LogP contribution in [-0.4, -0.2) is 16.1 Å². The summed E-state index contributed by atoms with van der Waals surface area (Å²) in [4.78, 5) is 4.43. The summed E-state index contributed by atoms with van der Waals surface area (Å²) in [5, 5.41) is 3.40. The van der Waals surface area contributed by atoms with E-state index in [1.54, 1.807) is 6.07 Å². The molecule has 0 saturated heterocycles. The maximum atomic E-state index is 13.3. The van der Waals surface area contributed by atoms with Gasteiger partial charge in [0.1, 0.15) is 5.82 Å². The molecule has 3 nitrogen and oxygen atoms in total. The van der Waals surface area contributed by atoms with Crippen molar-refractivity contribution in [1.82, 2.24) is 14.9 Å². The molecular formula is C16H19F2N3. The van der Waals surface area contributed by atoms with Crippen LogP contribution in [0, 0.1) is 11.6 Å². The molecule has 0 saturated carbocycles. The van der Waals surface area contributed by atoms with Crippen LogP contribution in [0.4, 0.5) is 8.78 Å². The van der Waals surface area contributed by atoms with Gasteiger partial charge in [0.05, 0.1) is 0 Å². The molecule has 5 heteroatoms. The molecule has 1 N–H and O–H groups in total. The van der Waals surface area contributed by atoms with Crippen molar-refractivity contribution in [2.24, 2.45) is 0 Å². The Morgan fingerprint density at radius 3 is 3.05 bits per heavy atom. The lowest BCUT2D eigenvalue weighted by Crippen LogP contribution is -2.28. The van der Waals surface area contributed by atoms with Gasteiger partial charge in [-0.05, 0) is 37.5 Å². The Hall–Kier alpha value is -1.75. The van der Waals surface area contributed by atoms with Gasteiger partial charge in [0.25, 0.3) is 0 Å². The topological polar surface area (TPSA) is 29.9 Å². The Bertz CT molecular complexity index is 624. The molecule has 0 fully saturated rings. The number of halogens is 2. The van der Waals surface area contributed by atoms with Crippen molar-refractivity contribution < 1.29 is 8.78 Å². The third-order valence-corrected chi connectivity index (χ3v) is 4.18. The van der Waals surface area contributed by atoms with Crippen molar-refractivity contribution in [3.8, 4) is 0 Å². The molecule has 2 atom stereocenters. The van der Waals surface area contributed by atoms with Gasteiger partial charge in [-0.25, -0.2) is 13.8 Å². The van der Waals surface area contributed by atoms with Crippen molar-refractivity contribution in [1.29, 1.82) is 0 Å². The monoisotopic (exact) mass is 291 g/mol. The summed E-state index contributed by atoms with van der Waals surface area (Å²) >= 11 is 0. The van der Waals surface area contributed by atoms with Crippen molar-refractivity contribution in [3.05, 3.63) is 53.6 Å². The predicted octanol–water partition coefficient (Wildman–Crippen LogP) is 3.39. The molecule has 1 aromatic carbocycles. The SMILES string of the molecule is C[C@H](NC[C@H]1CCCn2ccnc21)c1ccc(F)c(F)c1. The lowest BCUT2D eigenvalue weighted by atomic mass is 9.98. The van der Waals surface area contributed by atoms with Crippen molar-refractivity contribution in [2.75, 3.05) is 6.54 Å². The number of imidazole rings is 1. The normalized spacial score (nSPS) is 19.3. The first-order valence-corrected chi connectivity index (χ1v) is 7.34. The first-order valence-electron chi connectivity index (χ1n) is 7.34. The summed E-state index contributed by atoms with van der Waals surface area (Å²) in [7, 11) is 0. The fourth-order valence-electron chi connectivity index (χ4n) is 2.92. The third-order valence-electron chi connectivity index (χ3n) is 4.18. The van der Waals surface area contributed by atoms with Gasteiger partial charge < -0.3 is 9.88 Å². The lowest BCUT2D eigenvalue weighted by molar-refractivity contribution is 0.407. The van der Waals surface area contributed by atoms with E-state index in [2.05, 4.69) is 14.9 Å². The van der Waals surface area contributed by atoms with Gasteiger partial charge in [-0.2, -0.15) is 0 Å². The molecule has 3 rings (SSSR count). The number of hydrogen-bond donors (Lipinski definition) is 1. The number of aromatic nitrogens is 2. The minimum atomic E-state index is -0.805. The Morgan fingerprint density at radius 2 is 2.24 bits per heavy atom. The maximum Gasteiger partial charge on any atom is 0.159 e. The van der Waals surface area contributed by atoms with E-state index in [1.807, 2.05) is 19.3 Å². The highest BCUT2D eigenvalue weighted by Gasteiger charge is 2.21. The van der Waals surface area contributed by atoms with Crippen molar-refractivity contribution in [3.63, 3.8) is 0 Å². The average Bonchev–Trinajstić information content (AvgIpc) is 2.96. The van der Waals surface area contributed by atoms with Crippen LogP contribution in [-0.2, 0) is 6.54 Å². The van der Waals surface area contributed by atoms with Crippen molar-refractivity contribution in [2.45, 2.75) is 38.3 Å². The highest BCUT2D eigenvalue weighted by molar-refractivity contribution is 5.21. The number of nitrogens with one attached hydrogen (secondary N) is 1. The van der Waals surface area contributed by atoms with Gasteiger partial charge in [0, 0.05) is 37.4 Å². The van der Waals surface area contributed by atoms with Crippen LogP contribution in [0.1, 0.15) is 43.1 Å². The van der Waals surface area contributed by atoms with E-state index in [1.165, 1.54) is 12.1 Å². The van der Waals surface area contributed by atoms with Crippen molar-refractivity contribution >= 4 is 0 Å². The van der Waals surface area contributed by atoms with Gasteiger partial charge in [-0.3, -0.25) is 0 Å². The van der Waals surface area contributed by atoms with Gasteiger partial charge >= 0.3 is 0 Å². The molecule has 1 aromatic heterocycles. The minimum Gasteiger partial charge on any atom is -0.335 e. The molecule has 0 spiro atoms. The smallest absolute Gasteiger partial charge is 0.159 e. The van der Waals surface area contributed by atoms with E-state index < -0.39 is 11.6 Å². The summed E-state index contributed by atoms with van der Waals surface area (Å²) in [5.74, 6) is -0.109. The molecule has 1 aliphatic heterocycles. The number of nitrogens with zero attached hydrogens (tertiary/aromatic N) is 2. The summed E-state index contributed by atoms with van der Waals surface area (Å²) in [6, 6.07) is 4.04. The van der Waals surface area contributed by atoms with Gasteiger partial charge in [0.15, 0.2) is 11.6 Å². The largest absolute Gasteiger partial charge is 0.335 e. The average molecular weight is 291 g/mol. The second kappa shape index (κ2) is 5.93. The summed E-state index contributed by atoms with van der Waals surface area (Å²) in [6.45, 7) is 3.78. The molecule has 0 radical (unpaired) electrons. The number of fused-ring (bicyclic) bond motifs is 1. The molecule has 112 valence electrons. The van der Waals surface area contributed by atoms with E-state index in [-0.39, 0.29) is 6.04 Å². The number of hydrogen-bond acceptors (Lipinski definition) is 2. The molecule has 1 aliphatic rings. The molecule has 0 amide bonds. The van der Waals surface area contributed by atoms with E-state index in [9.17, 15) is 8.78 Å². The summed E-state index contributed by atoms with van der Waals surface area (Å²) in [5.41, 5.74) is 0.757. The van der Waals surface area contributed by atoms with Crippen LogP contribution in [0.15, 0.2) is 30.6 Å². The number of benzene rings is 1. The standard InChI is InChI=1S/C16H19F2N3/c1-11(12-4-5-14(17)15(18)9-12)20-10-13-3-2-7-21-8-6-19-16(13)21/h4-6,8-9,11,13,20H,2-3,7,10H2,1H3/t11-,13+/m0/s1. The first-order chi connectivity index (χ1) is 10.1. The second-order valence-electron chi connectivity index (χ2n) is 5.62. The van der Waals surface area contributed by atoms with E-state index in [0.29, 0.717) is 5.92 Å². The zero-order valence-electron chi connectivity index (χ0n) is 12.0. The summed E-state index contributed by atoms with van der Waals surface area (Å²) in [6.07, 6.45) is 6.11. The number of aryl methyl sites for hydroxylation is 1. The van der Waals surface area contributed by atoms with Crippen LogP contribution in [0.3, 0.4) is 0 Å². The Morgan fingerprint density at radius 1 is 1.38 bits per heavy atom. The fraction of sp³-hybridized carbons (Fsp3) is 0.438. The lowest BCUT2D eigenvalue weighted by Gasteiger charge is -2.25. The minimum absolute atomic E-state index is 0.0227. The quantitative estimate of drug-likeness (QED) is 0.935. The Kier molecular flexibility index (Phi) is 4.01. The molecule has 2 aromatic rings. The van der Waals surface area contributed by atoms with E-state index in [0.717, 1.165) is 37.3 Å². The van der Waals surface area contributed by atoms with Gasteiger partial charge in [-0.15, -0.1) is 0 Å². The summed E-state index contributed by atoms with van der Waals surface area (Å²) < 4.78 is 28.4. The molecular weight excluding hydrogens is 272 g/mol. The molecule has 2 heterocycles. The fourth-order valence-corrected chi connectivity index (χ4v) is 2.92. The highest BCUT2D eigenvalue weighted by atomic mass is 19.2. The Balaban J connectivity index is 1.64. The predicted molar refractivity (Wildman–Crippen MR) is 77.0 cm³/mol. The highest BCUT2D eigenvalue weighted by Crippen LogP contribution is 2.26. The number of rotatable bonds is 4. The van der Waals surface area contributed by atoms with Crippen LogP contribution in [0.5, 0.6) is 0 Å². The second-order valence-corrected chi connectivity index (χ2v) is 5.62. The van der Waals surface area contributed by atoms with Crippen LogP contribution < -0.4 is 5.32 Å². The molecule has 21 heavy (non-hydrogen) atoms. The van der Waals surface area contributed by atoms with E-state index in [4.69, 9.17) is 0 Å². The molecule has 0 aliphatic carbocycles. The zero-order valence-corrected chi connectivity index (χ0v) is 12.0.